The van der Waals surface area contributed by atoms with Crippen LogP contribution in [0.15, 0.2) is 28.7 Å². The van der Waals surface area contributed by atoms with Crippen molar-refractivity contribution in [2.45, 2.75) is 19.8 Å². The lowest BCUT2D eigenvalue weighted by molar-refractivity contribution is 0.458. The molecule has 1 aromatic carbocycles. The van der Waals surface area contributed by atoms with Crippen molar-refractivity contribution < 1.29 is 4.42 Å². The second-order valence-electron chi connectivity index (χ2n) is 3.73. The molecule has 0 fully saturated rings. The van der Waals surface area contributed by atoms with Gasteiger partial charge in [-0.05, 0) is 18.1 Å². The van der Waals surface area contributed by atoms with Crippen LogP contribution in [0, 0.1) is 6.92 Å². The highest BCUT2D eigenvalue weighted by Gasteiger charge is 2.07. The molecule has 1 heterocycles. The van der Waals surface area contributed by atoms with E-state index in [-0.39, 0.29) is 0 Å². The van der Waals surface area contributed by atoms with Gasteiger partial charge in [0.05, 0.1) is 6.42 Å². The number of hydrogen-bond donors (Lipinski definition) is 1. The van der Waals surface area contributed by atoms with Crippen molar-refractivity contribution in [3.05, 3.63) is 47.2 Å². The third-order valence-corrected chi connectivity index (χ3v) is 2.47. The van der Waals surface area contributed by atoms with E-state index < -0.39 is 0 Å². The van der Waals surface area contributed by atoms with Crippen LogP contribution in [-0.4, -0.2) is 16.7 Å². The molecule has 0 aliphatic heterocycles. The Morgan fingerprint density at radius 1 is 1.19 bits per heavy atom. The maximum Gasteiger partial charge on any atom is 0.220 e. The third-order valence-electron chi connectivity index (χ3n) is 2.47. The summed E-state index contributed by atoms with van der Waals surface area (Å²) in [5.74, 6) is 1.27. The lowest BCUT2D eigenvalue weighted by atomic mass is 10.1. The maximum absolute atomic E-state index is 5.48. The molecule has 2 aromatic rings. The van der Waals surface area contributed by atoms with Crippen LogP contribution in [0.4, 0.5) is 0 Å². The normalized spacial score (nSPS) is 10.6. The zero-order valence-electron chi connectivity index (χ0n) is 9.31. The summed E-state index contributed by atoms with van der Waals surface area (Å²) in [6, 6.07) is 8.18. The largest absolute Gasteiger partial charge is 0.425 e. The van der Waals surface area contributed by atoms with E-state index in [1.54, 1.807) is 0 Å². The van der Waals surface area contributed by atoms with Gasteiger partial charge in [-0.25, -0.2) is 0 Å². The molecule has 0 unspecified atom stereocenters. The van der Waals surface area contributed by atoms with Crippen molar-refractivity contribution in [2.24, 2.45) is 5.73 Å². The highest BCUT2D eigenvalue weighted by molar-refractivity contribution is 5.27. The Hall–Kier alpha value is -1.68. The van der Waals surface area contributed by atoms with Gasteiger partial charge < -0.3 is 10.2 Å². The van der Waals surface area contributed by atoms with Gasteiger partial charge in [0.15, 0.2) is 0 Å². The van der Waals surface area contributed by atoms with Gasteiger partial charge in [0.1, 0.15) is 0 Å². The Bertz CT molecular complexity index is 465. The Morgan fingerprint density at radius 2 is 1.94 bits per heavy atom. The van der Waals surface area contributed by atoms with Crippen LogP contribution in [0.2, 0.25) is 0 Å². The van der Waals surface area contributed by atoms with Crippen molar-refractivity contribution in [3.63, 3.8) is 0 Å². The second-order valence-corrected chi connectivity index (χ2v) is 3.73. The molecule has 0 amide bonds. The minimum Gasteiger partial charge on any atom is -0.425 e. The molecule has 84 valence electrons. The van der Waals surface area contributed by atoms with E-state index >= 15 is 0 Å². The first kappa shape index (κ1) is 10.8. The van der Waals surface area contributed by atoms with E-state index in [0.717, 1.165) is 0 Å². The van der Waals surface area contributed by atoms with E-state index in [4.69, 9.17) is 10.2 Å². The second kappa shape index (κ2) is 4.90. The highest BCUT2D eigenvalue weighted by atomic mass is 16.4. The fraction of sp³-hybridized carbons (Fsp3) is 0.333. The number of hydrogen-bond acceptors (Lipinski definition) is 4. The van der Waals surface area contributed by atoms with Gasteiger partial charge in [-0.1, -0.05) is 24.3 Å². The minimum absolute atomic E-state index is 0.534. The first-order chi connectivity index (χ1) is 7.79. The molecule has 0 aliphatic rings. The number of benzene rings is 1. The molecular weight excluding hydrogens is 202 g/mol. The number of aryl methyl sites for hydroxylation is 1. The number of nitrogens with two attached hydrogens (primary N) is 1. The fourth-order valence-electron chi connectivity index (χ4n) is 1.56. The Labute approximate surface area is 94.5 Å². The minimum atomic E-state index is 0.534. The van der Waals surface area contributed by atoms with Gasteiger partial charge >= 0.3 is 0 Å². The molecular formula is C12H15N3O. The van der Waals surface area contributed by atoms with Crippen molar-refractivity contribution in [3.8, 4) is 0 Å². The van der Waals surface area contributed by atoms with Crippen LogP contribution in [0.5, 0.6) is 0 Å². The Balaban J connectivity index is 2.11. The van der Waals surface area contributed by atoms with Gasteiger partial charge in [0.2, 0.25) is 11.8 Å². The van der Waals surface area contributed by atoms with Crippen molar-refractivity contribution in [1.29, 1.82) is 0 Å². The molecule has 16 heavy (non-hydrogen) atoms. The van der Waals surface area contributed by atoms with E-state index in [0.29, 0.717) is 31.2 Å². The lowest BCUT2D eigenvalue weighted by Crippen LogP contribution is -2.02. The average Bonchev–Trinajstić information content (AvgIpc) is 2.70. The molecule has 2 N–H and O–H groups in total. The van der Waals surface area contributed by atoms with Gasteiger partial charge in [-0.2, -0.15) is 0 Å². The SMILES string of the molecule is Cc1ccccc1Cc1nnc(CCN)o1. The fourth-order valence-corrected chi connectivity index (χ4v) is 1.56. The van der Waals surface area contributed by atoms with Crippen molar-refractivity contribution in [2.75, 3.05) is 6.54 Å². The summed E-state index contributed by atoms with van der Waals surface area (Å²) in [6.45, 7) is 2.61. The zero-order valence-corrected chi connectivity index (χ0v) is 9.31. The number of nitrogens with zero attached hydrogens (tertiary/aromatic N) is 2. The highest BCUT2D eigenvalue weighted by Crippen LogP contribution is 2.12. The van der Waals surface area contributed by atoms with E-state index in [9.17, 15) is 0 Å². The summed E-state index contributed by atoms with van der Waals surface area (Å²) in [4.78, 5) is 0. The van der Waals surface area contributed by atoms with Crippen LogP contribution >= 0.6 is 0 Å². The van der Waals surface area contributed by atoms with Gasteiger partial charge in [0, 0.05) is 13.0 Å². The number of rotatable bonds is 4. The predicted molar refractivity (Wildman–Crippen MR) is 61.0 cm³/mol. The van der Waals surface area contributed by atoms with E-state index in [1.807, 2.05) is 12.1 Å². The summed E-state index contributed by atoms with van der Waals surface area (Å²) < 4.78 is 5.48. The van der Waals surface area contributed by atoms with E-state index in [1.165, 1.54) is 11.1 Å². The standard InChI is InChI=1S/C12H15N3O/c1-9-4-2-3-5-10(9)8-12-15-14-11(16-12)6-7-13/h2-5H,6-8,13H2,1H3. The molecule has 0 saturated heterocycles. The van der Waals surface area contributed by atoms with E-state index in [2.05, 4.69) is 29.3 Å². The summed E-state index contributed by atoms with van der Waals surface area (Å²) in [7, 11) is 0. The lowest BCUT2D eigenvalue weighted by Gasteiger charge is -2.00. The molecule has 4 nitrogen and oxygen atoms in total. The number of aromatic nitrogens is 2. The summed E-state index contributed by atoms with van der Waals surface area (Å²) in [5, 5.41) is 7.93. The third kappa shape index (κ3) is 2.46. The van der Waals surface area contributed by atoms with Gasteiger partial charge in [-0.3, -0.25) is 0 Å². The molecule has 0 aliphatic carbocycles. The van der Waals surface area contributed by atoms with Crippen LogP contribution in [0.1, 0.15) is 22.9 Å². The van der Waals surface area contributed by atoms with Crippen LogP contribution in [-0.2, 0) is 12.8 Å². The molecule has 0 spiro atoms. The van der Waals surface area contributed by atoms with Crippen LogP contribution < -0.4 is 5.73 Å². The quantitative estimate of drug-likeness (QED) is 0.842. The average molecular weight is 217 g/mol. The Kier molecular flexibility index (Phi) is 3.31. The van der Waals surface area contributed by atoms with Crippen LogP contribution in [0.25, 0.3) is 0 Å². The van der Waals surface area contributed by atoms with Crippen LogP contribution in [0.3, 0.4) is 0 Å². The van der Waals surface area contributed by atoms with Crippen molar-refractivity contribution >= 4 is 0 Å². The molecule has 1 aromatic heterocycles. The molecule has 0 saturated carbocycles. The molecule has 2 rings (SSSR count). The van der Waals surface area contributed by atoms with Crippen molar-refractivity contribution in [1.82, 2.24) is 10.2 Å². The zero-order chi connectivity index (χ0) is 11.4. The van der Waals surface area contributed by atoms with Gasteiger partial charge in [0.25, 0.3) is 0 Å². The summed E-state index contributed by atoms with van der Waals surface area (Å²) >= 11 is 0. The molecule has 0 atom stereocenters. The first-order valence-electron chi connectivity index (χ1n) is 5.35. The summed E-state index contributed by atoms with van der Waals surface area (Å²) in [6.07, 6.45) is 1.32. The topological polar surface area (TPSA) is 64.9 Å². The first-order valence-corrected chi connectivity index (χ1v) is 5.35. The molecule has 0 radical (unpaired) electrons. The Morgan fingerprint density at radius 3 is 2.69 bits per heavy atom. The maximum atomic E-state index is 5.48. The predicted octanol–water partition coefficient (Wildman–Crippen LogP) is 1.47. The smallest absolute Gasteiger partial charge is 0.220 e. The van der Waals surface area contributed by atoms with Gasteiger partial charge in [-0.15, -0.1) is 10.2 Å². The monoisotopic (exact) mass is 217 g/mol. The summed E-state index contributed by atoms with van der Waals surface area (Å²) in [5.41, 5.74) is 7.87. The molecule has 4 heteroatoms. The molecule has 0 bridgehead atoms.